The summed E-state index contributed by atoms with van der Waals surface area (Å²) in [5.74, 6) is 0.484. The van der Waals surface area contributed by atoms with Gasteiger partial charge < -0.3 is 5.11 Å². The van der Waals surface area contributed by atoms with Crippen molar-refractivity contribution in [2.75, 3.05) is 13.1 Å². The lowest BCUT2D eigenvalue weighted by atomic mass is 9.78. The molecule has 0 spiro atoms. The molecule has 0 aliphatic carbocycles. The predicted octanol–water partition coefficient (Wildman–Crippen LogP) is 4.00. The van der Waals surface area contributed by atoms with Crippen LogP contribution in [0.1, 0.15) is 18.4 Å². The number of aliphatic hydroxyl groups excluding tert-OH is 1. The molecule has 2 bridgehead atoms. The summed E-state index contributed by atoms with van der Waals surface area (Å²) < 4.78 is 0. The number of fused-ring (bicyclic) bond motifs is 3. The Morgan fingerprint density at radius 1 is 0.957 bits per heavy atom. The van der Waals surface area contributed by atoms with Crippen molar-refractivity contribution in [3.63, 3.8) is 0 Å². The van der Waals surface area contributed by atoms with Gasteiger partial charge >= 0.3 is 0 Å². The Bertz CT molecular complexity index is 692. The quantitative estimate of drug-likeness (QED) is 0.921. The van der Waals surface area contributed by atoms with Crippen LogP contribution in [0.25, 0.3) is 11.1 Å². The van der Waals surface area contributed by atoms with Crippen molar-refractivity contribution in [3.05, 3.63) is 59.1 Å². The molecule has 3 saturated heterocycles. The van der Waals surface area contributed by atoms with E-state index in [2.05, 4.69) is 35.2 Å². The maximum absolute atomic E-state index is 10.7. The average molecular weight is 328 g/mol. The van der Waals surface area contributed by atoms with Gasteiger partial charge in [-0.25, -0.2) is 0 Å². The molecule has 0 saturated carbocycles. The van der Waals surface area contributed by atoms with Gasteiger partial charge in [-0.15, -0.1) is 0 Å². The first-order valence-electron chi connectivity index (χ1n) is 8.49. The maximum Gasteiger partial charge on any atom is 0.0727 e. The maximum atomic E-state index is 10.7. The van der Waals surface area contributed by atoms with Gasteiger partial charge in [-0.05, 0) is 55.5 Å². The van der Waals surface area contributed by atoms with E-state index in [1.807, 2.05) is 18.2 Å². The molecule has 3 aliphatic rings. The minimum absolute atomic E-state index is 0.197. The fourth-order valence-corrected chi connectivity index (χ4v) is 4.48. The molecule has 5 rings (SSSR count). The molecule has 2 aromatic rings. The molecule has 0 aromatic heterocycles. The minimum Gasteiger partial charge on any atom is -0.391 e. The Morgan fingerprint density at radius 2 is 1.61 bits per heavy atom. The smallest absolute Gasteiger partial charge is 0.0727 e. The SMILES string of the molecule is OC1C2CCN(CC2)C1Cc1ccccc1-c1ccccc1Cl. The number of halogens is 1. The molecule has 2 atom stereocenters. The molecule has 23 heavy (non-hydrogen) atoms. The number of hydrogen-bond acceptors (Lipinski definition) is 2. The van der Waals surface area contributed by atoms with Crippen molar-refractivity contribution in [1.82, 2.24) is 4.90 Å². The monoisotopic (exact) mass is 327 g/mol. The summed E-state index contributed by atoms with van der Waals surface area (Å²) >= 11 is 6.41. The summed E-state index contributed by atoms with van der Waals surface area (Å²) in [6.45, 7) is 2.25. The van der Waals surface area contributed by atoms with Crippen LogP contribution in [0.3, 0.4) is 0 Å². The van der Waals surface area contributed by atoms with E-state index < -0.39 is 0 Å². The Hall–Kier alpha value is -1.35. The second-order valence-corrected chi connectivity index (χ2v) is 7.18. The van der Waals surface area contributed by atoms with Crippen LogP contribution >= 0.6 is 11.6 Å². The molecular formula is C20H22ClNO. The standard InChI is InChI=1S/C20H22ClNO/c21-18-8-4-3-7-17(18)16-6-2-1-5-15(16)13-19-20(23)14-9-11-22(19)12-10-14/h1-8,14,19-20,23H,9-13H2. The van der Waals surface area contributed by atoms with Gasteiger partial charge in [0.1, 0.15) is 0 Å². The number of aliphatic hydroxyl groups is 1. The third-order valence-corrected chi connectivity index (χ3v) is 5.86. The Kier molecular flexibility index (Phi) is 4.14. The summed E-state index contributed by atoms with van der Waals surface area (Å²) in [6, 6.07) is 16.7. The molecule has 3 heteroatoms. The first-order valence-corrected chi connectivity index (χ1v) is 8.87. The largest absolute Gasteiger partial charge is 0.391 e. The summed E-state index contributed by atoms with van der Waals surface area (Å²) in [5.41, 5.74) is 3.54. The lowest BCUT2D eigenvalue weighted by Gasteiger charge is -2.49. The van der Waals surface area contributed by atoms with Gasteiger partial charge in [-0.2, -0.15) is 0 Å². The summed E-state index contributed by atoms with van der Waals surface area (Å²) in [5, 5.41) is 11.5. The highest BCUT2D eigenvalue weighted by Crippen LogP contribution is 2.36. The van der Waals surface area contributed by atoms with Gasteiger partial charge in [0, 0.05) is 16.6 Å². The van der Waals surface area contributed by atoms with Crippen molar-refractivity contribution in [2.45, 2.75) is 31.4 Å². The average Bonchev–Trinajstić information content (AvgIpc) is 2.59. The van der Waals surface area contributed by atoms with Gasteiger partial charge in [0.25, 0.3) is 0 Å². The van der Waals surface area contributed by atoms with Crippen LogP contribution in [0.5, 0.6) is 0 Å². The van der Waals surface area contributed by atoms with Gasteiger partial charge in [0.2, 0.25) is 0 Å². The number of benzene rings is 2. The van der Waals surface area contributed by atoms with Crippen molar-refractivity contribution in [1.29, 1.82) is 0 Å². The van der Waals surface area contributed by atoms with Crippen molar-refractivity contribution in [3.8, 4) is 11.1 Å². The lowest BCUT2D eigenvalue weighted by molar-refractivity contribution is -0.0715. The highest BCUT2D eigenvalue weighted by atomic mass is 35.5. The number of rotatable bonds is 3. The zero-order valence-electron chi connectivity index (χ0n) is 13.2. The van der Waals surface area contributed by atoms with Gasteiger partial charge in [0.15, 0.2) is 0 Å². The molecule has 1 N–H and O–H groups in total. The van der Waals surface area contributed by atoms with Gasteiger partial charge in [0.05, 0.1) is 6.10 Å². The number of piperidine rings is 3. The predicted molar refractivity (Wildman–Crippen MR) is 94.7 cm³/mol. The van der Waals surface area contributed by atoms with Gasteiger partial charge in [-0.1, -0.05) is 54.1 Å². The zero-order chi connectivity index (χ0) is 15.8. The van der Waals surface area contributed by atoms with Crippen LogP contribution in [0.15, 0.2) is 48.5 Å². The highest BCUT2D eigenvalue weighted by Gasteiger charge is 2.41. The lowest BCUT2D eigenvalue weighted by Crippen LogP contribution is -2.58. The van der Waals surface area contributed by atoms with Crippen LogP contribution in [0, 0.1) is 5.92 Å². The zero-order valence-corrected chi connectivity index (χ0v) is 13.9. The molecule has 0 radical (unpaired) electrons. The molecular weight excluding hydrogens is 306 g/mol. The molecule has 2 unspecified atom stereocenters. The number of nitrogens with zero attached hydrogens (tertiary/aromatic N) is 1. The molecule has 3 heterocycles. The summed E-state index contributed by atoms with van der Waals surface area (Å²) in [4.78, 5) is 2.47. The van der Waals surface area contributed by atoms with E-state index in [4.69, 9.17) is 11.6 Å². The molecule has 2 nitrogen and oxygen atoms in total. The van der Waals surface area contributed by atoms with Crippen molar-refractivity contribution in [2.24, 2.45) is 5.92 Å². The second kappa shape index (κ2) is 6.27. The third-order valence-electron chi connectivity index (χ3n) is 5.53. The molecule has 120 valence electrons. The van der Waals surface area contributed by atoms with E-state index in [0.29, 0.717) is 5.92 Å². The fraction of sp³-hybridized carbons (Fsp3) is 0.400. The van der Waals surface area contributed by atoms with Gasteiger partial charge in [-0.3, -0.25) is 4.90 Å². The van der Waals surface area contributed by atoms with Crippen LogP contribution in [0.2, 0.25) is 5.02 Å². The highest BCUT2D eigenvalue weighted by molar-refractivity contribution is 6.33. The molecule has 0 amide bonds. The van der Waals surface area contributed by atoms with Crippen LogP contribution in [-0.4, -0.2) is 35.2 Å². The third kappa shape index (κ3) is 2.80. The summed E-state index contributed by atoms with van der Waals surface area (Å²) in [7, 11) is 0. The normalized spacial score (nSPS) is 29.7. The van der Waals surface area contributed by atoms with E-state index in [9.17, 15) is 5.11 Å². The van der Waals surface area contributed by atoms with E-state index in [0.717, 1.165) is 42.9 Å². The van der Waals surface area contributed by atoms with Crippen LogP contribution in [-0.2, 0) is 6.42 Å². The number of hydrogen-bond donors (Lipinski definition) is 1. The van der Waals surface area contributed by atoms with Crippen LogP contribution in [0.4, 0.5) is 0 Å². The first-order chi connectivity index (χ1) is 11.2. The van der Waals surface area contributed by atoms with E-state index >= 15 is 0 Å². The van der Waals surface area contributed by atoms with Crippen molar-refractivity contribution >= 4 is 11.6 Å². The van der Waals surface area contributed by atoms with Crippen molar-refractivity contribution < 1.29 is 5.11 Å². The van der Waals surface area contributed by atoms with Crippen LogP contribution < -0.4 is 0 Å². The Morgan fingerprint density at radius 3 is 2.30 bits per heavy atom. The second-order valence-electron chi connectivity index (χ2n) is 6.77. The Balaban J connectivity index is 1.67. The molecule has 2 aromatic carbocycles. The minimum atomic E-state index is -0.197. The van der Waals surface area contributed by atoms with E-state index in [1.165, 1.54) is 11.1 Å². The topological polar surface area (TPSA) is 23.5 Å². The first kappa shape index (κ1) is 15.2. The Labute approximate surface area is 142 Å². The fourth-order valence-electron chi connectivity index (χ4n) is 4.24. The van der Waals surface area contributed by atoms with E-state index in [-0.39, 0.29) is 12.1 Å². The van der Waals surface area contributed by atoms with E-state index in [1.54, 1.807) is 0 Å². The molecule has 3 fully saturated rings. The summed E-state index contributed by atoms with van der Waals surface area (Å²) in [6.07, 6.45) is 2.98. The molecule has 3 aliphatic heterocycles.